The zero-order valence-electron chi connectivity index (χ0n) is 14.5. The van der Waals surface area contributed by atoms with Crippen LogP contribution in [0.3, 0.4) is 0 Å². The molecule has 2 N–H and O–H groups in total. The van der Waals surface area contributed by atoms with Gasteiger partial charge in [-0.25, -0.2) is 4.98 Å². The lowest BCUT2D eigenvalue weighted by Gasteiger charge is -2.57. The molecule has 2 heterocycles. The molecule has 1 amide bonds. The molecular weight excluding hydrogens is 292 g/mol. The van der Waals surface area contributed by atoms with Crippen molar-refractivity contribution in [3.05, 3.63) is 18.2 Å². The normalized spacial score (nSPS) is 34.1. The highest BCUT2D eigenvalue weighted by Gasteiger charge is 2.58. The molecule has 0 bridgehead atoms. The highest BCUT2D eigenvalue weighted by Crippen LogP contribution is 2.52. The summed E-state index contributed by atoms with van der Waals surface area (Å²) >= 11 is 0. The first-order chi connectivity index (χ1) is 10.8. The van der Waals surface area contributed by atoms with E-state index in [1.807, 2.05) is 11.6 Å². The maximum absolute atomic E-state index is 12.3. The van der Waals surface area contributed by atoms with E-state index in [9.17, 15) is 9.90 Å². The van der Waals surface area contributed by atoms with Crippen molar-refractivity contribution in [2.24, 2.45) is 18.4 Å². The lowest BCUT2D eigenvalue weighted by atomic mass is 9.66. The summed E-state index contributed by atoms with van der Waals surface area (Å²) in [5.41, 5.74) is 1.04. The Kier molecular flexibility index (Phi) is 4.23. The van der Waals surface area contributed by atoms with Crippen LogP contribution in [-0.4, -0.2) is 57.2 Å². The van der Waals surface area contributed by atoms with E-state index in [1.54, 1.807) is 12.5 Å². The third-order valence-corrected chi connectivity index (χ3v) is 5.61. The van der Waals surface area contributed by atoms with Gasteiger partial charge >= 0.3 is 0 Å². The van der Waals surface area contributed by atoms with Crippen molar-refractivity contribution in [2.45, 2.75) is 51.3 Å². The molecule has 1 saturated heterocycles. The number of carbonyl (C=O) groups excluding carboxylic acids is 1. The van der Waals surface area contributed by atoms with Gasteiger partial charge in [0.2, 0.25) is 5.91 Å². The van der Waals surface area contributed by atoms with E-state index < -0.39 is 6.10 Å². The molecule has 2 aliphatic rings. The lowest BCUT2D eigenvalue weighted by Crippen LogP contribution is -2.64. The van der Waals surface area contributed by atoms with E-state index in [4.69, 9.17) is 0 Å². The van der Waals surface area contributed by atoms with Crippen LogP contribution in [0.1, 0.15) is 32.4 Å². The molecule has 1 saturated carbocycles. The fourth-order valence-corrected chi connectivity index (χ4v) is 4.97. The van der Waals surface area contributed by atoms with Gasteiger partial charge < -0.3 is 19.9 Å². The first-order valence-electron chi connectivity index (χ1n) is 8.45. The number of carbonyl (C=O) groups is 1. The molecule has 0 radical (unpaired) electrons. The van der Waals surface area contributed by atoms with Crippen LogP contribution < -0.4 is 5.32 Å². The van der Waals surface area contributed by atoms with Crippen molar-refractivity contribution < 1.29 is 9.90 Å². The fourth-order valence-electron chi connectivity index (χ4n) is 4.97. The number of imidazole rings is 1. The van der Waals surface area contributed by atoms with Crippen LogP contribution in [0.2, 0.25) is 0 Å². The van der Waals surface area contributed by atoms with E-state index in [2.05, 4.69) is 36.1 Å². The number of rotatable bonds is 4. The number of hydrogen-bond donors (Lipinski definition) is 2. The summed E-state index contributed by atoms with van der Waals surface area (Å²) in [7, 11) is 4.03. The minimum Gasteiger partial charge on any atom is -0.391 e. The Balaban J connectivity index is 1.61. The molecular formula is C17H28N4O2. The van der Waals surface area contributed by atoms with Crippen molar-refractivity contribution in [3.8, 4) is 0 Å². The number of nitrogens with zero attached hydrogens (tertiary/aromatic N) is 3. The molecule has 6 heteroatoms. The summed E-state index contributed by atoms with van der Waals surface area (Å²) in [6.07, 6.45) is 4.93. The van der Waals surface area contributed by atoms with Crippen molar-refractivity contribution >= 4 is 5.91 Å². The number of nitrogens with one attached hydrogen (secondary N) is 1. The van der Waals surface area contributed by atoms with Gasteiger partial charge in [0.25, 0.3) is 0 Å². The Bertz CT molecular complexity index is 580. The van der Waals surface area contributed by atoms with Gasteiger partial charge in [-0.05, 0) is 25.8 Å². The summed E-state index contributed by atoms with van der Waals surface area (Å²) < 4.78 is 1.85. The first kappa shape index (κ1) is 16.5. The number of aliphatic hydroxyl groups excluding tert-OH is 1. The van der Waals surface area contributed by atoms with Gasteiger partial charge in [0.15, 0.2) is 0 Å². The first-order valence-corrected chi connectivity index (χ1v) is 8.45. The van der Waals surface area contributed by atoms with Crippen molar-refractivity contribution in [1.29, 1.82) is 0 Å². The smallest absolute Gasteiger partial charge is 0.226 e. The van der Waals surface area contributed by atoms with Crippen LogP contribution >= 0.6 is 0 Å². The Morgan fingerprint density at radius 3 is 2.78 bits per heavy atom. The van der Waals surface area contributed by atoms with Gasteiger partial charge in [0.05, 0.1) is 24.9 Å². The van der Waals surface area contributed by atoms with Crippen molar-refractivity contribution in [3.63, 3.8) is 0 Å². The lowest BCUT2D eigenvalue weighted by molar-refractivity contribution is -0.122. The second-order valence-corrected chi connectivity index (χ2v) is 7.79. The minimum atomic E-state index is -0.444. The van der Waals surface area contributed by atoms with E-state index in [-0.39, 0.29) is 17.4 Å². The standard InChI is InChI=1S/C17H28N4O2/c1-11(2)16-17(9-20(16)3)6-13(14(22)7-17)19-15(23)5-12-8-18-10-21(12)4/h8,10-11,13-14,16,22H,5-7,9H2,1-4H3,(H,19,23)/t13-,14-,16?,17?/m1/s1. The molecule has 23 heavy (non-hydrogen) atoms. The van der Waals surface area contributed by atoms with E-state index in [0.29, 0.717) is 18.4 Å². The number of amides is 1. The maximum atomic E-state index is 12.3. The van der Waals surface area contributed by atoms with Gasteiger partial charge in [0, 0.05) is 36.9 Å². The molecule has 4 atom stereocenters. The molecule has 1 aromatic heterocycles. The SMILES string of the molecule is CC(C)C1N(C)CC12C[C@@H](O)[C@H](NC(=O)Cc1cncn1C)C2. The predicted octanol–water partition coefficient (Wildman–Crippen LogP) is 0.559. The highest BCUT2D eigenvalue weighted by molar-refractivity contribution is 5.78. The third-order valence-electron chi connectivity index (χ3n) is 5.61. The van der Waals surface area contributed by atoms with Crippen LogP contribution in [0.15, 0.2) is 12.5 Å². The molecule has 3 rings (SSSR count). The number of likely N-dealkylation sites (tertiary alicyclic amines) is 1. The monoisotopic (exact) mass is 320 g/mol. The maximum Gasteiger partial charge on any atom is 0.226 e. The molecule has 2 unspecified atom stereocenters. The quantitative estimate of drug-likeness (QED) is 0.850. The second kappa shape index (κ2) is 5.91. The van der Waals surface area contributed by atoms with Crippen LogP contribution in [0.25, 0.3) is 0 Å². The van der Waals surface area contributed by atoms with E-state index in [1.165, 1.54) is 0 Å². The zero-order valence-corrected chi connectivity index (χ0v) is 14.5. The topological polar surface area (TPSA) is 70.4 Å². The Morgan fingerprint density at radius 1 is 1.48 bits per heavy atom. The average Bonchev–Trinajstić information content (AvgIpc) is 2.95. The minimum absolute atomic E-state index is 0.0384. The number of aryl methyl sites for hydroxylation is 1. The molecule has 1 aromatic rings. The number of hydrogen-bond acceptors (Lipinski definition) is 4. The third kappa shape index (κ3) is 2.90. The summed E-state index contributed by atoms with van der Waals surface area (Å²) in [5, 5.41) is 13.5. The molecule has 0 aromatic carbocycles. The molecule has 2 fully saturated rings. The highest BCUT2D eigenvalue weighted by atomic mass is 16.3. The number of aromatic nitrogens is 2. The summed E-state index contributed by atoms with van der Waals surface area (Å²) in [4.78, 5) is 18.7. The van der Waals surface area contributed by atoms with Crippen LogP contribution in [0.5, 0.6) is 0 Å². The molecule has 128 valence electrons. The van der Waals surface area contributed by atoms with E-state index in [0.717, 1.165) is 25.1 Å². The molecule has 1 aliphatic heterocycles. The Morgan fingerprint density at radius 2 is 2.22 bits per heavy atom. The van der Waals surface area contributed by atoms with Gasteiger partial charge in [0.1, 0.15) is 0 Å². The predicted molar refractivity (Wildman–Crippen MR) is 87.8 cm³/mol. The van der Waals surface area contributed by atoms with Crippen molar-refractivity contribution in [1.82, 2.24) is 19.8 Å². The van der Waals surface area contributed by atoms with E-state index >= 15 is 0 Å². The molecule has 1 spiro atoms. The summed E-state index contributed by atoms with van der Waals surface area (Å²) in [6.45, 7) is 5.49. The van der Waals surface area contributed by atoms with Gasteiger partial charge in [-0.3, -0.25) is 4.79 Å². The largest absolute Gasteiger partial charge is 0.391 e. The van der Waals surface area contributed by atoms with Gasteiger partial charge in [-0.2, -0.15) is 0 Å². The Hall–Kier alpha value is -1.40. The van der Waals surface area contributed by atoms with Gasteiger partial charge in [-0.1, -0.05) is 13.8 Å². The molecule has 6 nitrogen and oxygen atoms in total. The van der Waals surface area contributed by atoms with Crippen LogP contribution in [0.4, 0.5) is 0 Å². The van der Waals surface area contributed by atoms with Crippen LogP contribution in [0, 0.1) is 11.3 Å². The van der Waals surface area contributed by atoms with Crippen molar-refractivity contribution in [2.75, 3.05) is 13.6 Å². The summed E-state index contributed by atoms with van der Waals surface area (Å²) in [5.74, 6) is 0.522. The Labute approximate surface area is 137 Å². The number of aliphatic hydroxyl groups is 1. The average molecular weight is 320 g/mol. The zero-order chi connectivity index (χ0) is 16.8. The second-order valence-electron chi connectivity index (χ2n) is 7.79. The van der Waals surface area contributed by atoms with Crippen LogP contribution in [-0.2, 0) is 18.3 Å². The summed E-state index contributed by atoms with van der Waals surface area (Å²) in [6, 6.07) is 0.363. The molecule has 1 aliphatic carbocycles. The fraction of sp³-hybridized carbons (Fsp3) is 0.765. The van der Waals surface area contributed by atoms with Gasteiger partial charge in [-0.15, -0.1) is 0 Å².